The van der Waals surface area contributed by atoms with E-state index >= 15 is 0 Å². The Morgan fingerprint density at radius 3 is 2.95 bits per heavy atom. The first-order chi connectivity index (χ1) is 10.7. The summed E-state index contributed by atoms with van der Waals surface area (Å²) in [6.45, 7) is 5.54. The Bertz CT molecular complexity index is 456. The van der Waals surface area contributed by atoms with Crippen molar-refractivity contribution in [3.05, 3.63) is 0 Å². The van der Waals surface area contributed by atoms with Crippen LogP contribution in [0.4, 0.5) is 0 Å². The van der Waals surface area contributed by atoms with Gasteiger partial charge < -0.3 is 5.32 Å². The smallest absolute Gasteiger partial charge is 0.133 e. The van der Waals surface area contributed by atoms with Crippen molar-refractivity contribution in [3.8, 4) is 0 Å². The van der Waals surface area contributed by atoms with E-state index in [1.807, 2.05) is 0 Å². The van der Waals surface area contributed by atoms with Crippen molar-refractivity contribution < 1.29 is 4.79 Å². The molecule has 5 unspecified atom stereocenters. The van der Waals surface area contributed by atoms with E-state index in [1.54, 1.807) is 0 Å². The fourth-order valence-corrected chi connectivity index (χ4v) is 5.87. The summed E-state index contributed by atoms with van der Waals surface area (Å²) in [5, 5.41) is 6.31. The van der Waals surface area contributed by atoms with Gasteiger partial charge in [-0.05, 0) is 51.7 Å². The quantitative estimate of drug-likeness (QED) is 0.796. The number of nitrogens with zero attached hydrogens (tertiary/aromatic N) is 2. The van der Waals surface area contributed by atoms with Crippen LogP contribution >= 0.6 is 0 Å². The number of carbonyl (C=O) groups is 1. The van der Waals surface area contributed by atoms with Crippen LogP contribution in [0, 0.1) is 11.8 Å². The minimum absolute atomic E-state index is 0.198. The van der Waals surface area contributed by atoms with Crippen LogP contribution in [0.1, 0.15) is 45.4 Å². The lowest BCUT2D eigenvalue weighted by atomic mass is 9.60. The van der Waals surface area contributed by atoms with Crippen LogP contribution in [-0.4, -0.2) is 60.1 Å². The fraction of sp³-hybridized carbons (Fsp3) is 0.941. The Labute approximate surface area is 133 Å². The van der Waals surface area contributed by atoms with Gasteiger partial charge in [0.2, 0.25) is 0 Å². The van der Waals surface area contributed by atoms with Gasteiger partial charge in [0.1, 0.15) is 5.78 Å². The summed E-state index contributed by atoms with van der Waals surface area (Å²) in [5.74, 6) is 1.46. The van der Waals surface area contributed by atoms with E-state index in [2.05, 4.69) is 34.6 Å². The van der Waals surface area contributed by atoms with E-state index < -0.39 is 0 Å². The minimum atomic E-state index is 0.198. The number of carbonyl (C=O) groups excluding carboxylic acids is 1. The summed E-state index contributed by atoms with van der Waals surface area (Å²) in [6.07, 6.45) is 6.92. The summed E-state index contributed by atoms with van der Waals surface area (Å²) < 4.78 is 0. The zero-order valence-corrected chi connectivity index (χ0v) is 14.0. The Hall–Kier alpha value is -0.490. The maximum atomic E-state index is 12.3. The highest BCUT2D eigenvalue weighted by Crippen LogP contribution is 2.51. The Balaban J connectivity index is 1.71. The SMILES string of the molecule is CCC1NCCC23C(CNN2C2CCCN2C)CC(=O)CC13. The van der Waals surface area contributed by atoms with Gasteiger partial charge >= 0.3 is 0 Å². The van der Waals surface area contributed by atoms with E-state index in [9.17, 15) is 4.79 Å². The van der Waals surface area contributed by atoms with Crippen molar-refractivity contribution in [2.45, 2.75) is 63.2 Å². The largest absolute Gasteiger partial charge is 0.314 e. The van der Waals surface area contributed by atoms with E-state index in [-0.39, 0.29) is 5.54 Å². The molecular weight excluding hydrogens is 276 g/mol. The number of hydrazine groups is 1. The van der Waals surface area contributed by atoms with Crippen molar-refractivity contribution in [1.29, 1.82) is 0 Å². The lowest BCUT2D eigenvalue weighted by Crippen LogP contribution is -2.70. The molecule has 5 atom stereocenters. The van der Waals surface area contributed by atoms with Crippen molar-refractivity contribution in [2.75, 3.05) is 26.7 Å². The van der Waals surface area contributed by atoms with E-state index in [4.69, 9.17) is 0 Å². The molecule has 1 saturated carbocycles. The molecular formula is C17H30N4O. The van der Waals surface area contributed by atoms with Crippen LogP contribution in [0.5, 0.6) is 0 Å². The van der Waals surface area contributed by atoms with Crippen LogP contribution in [-0.2, 0) is 4.79 Å². The van der Waals surface area contributed by atoms with E-state index in [1.165, 1.54) is 25.8 Å². The normalized spacial score (nSPS) is 46.7. The lowest BCUT2D eigenvalue weighted by Gasteiger charge is -2.57. The van der Waals surface area contributed by atoms with Gasteiger partial charge in [0.25, 0.3) is 0 Å². The van der Waals surface area contributed by atoms with Crippen molar-refractivity contribution in [2.24, 2.45) is 11.8 Å². The molecule has 0 aromatic rings. The second-order valence-corrected chi connectivity index (χ2v) is 7.80. The maximum absolute atomic E-state index is 12.3. The van der Waals surface area contributed by atoms with Crippen LogP contribution in [0.2, 0.25) is 0 Å². The molecule has 1 aliphatic carbocycles. The molecule has 0 amide bonds. The third kappa shape index (κ3) is 2.02. The van der Waals surface area contributed by atoms with Gasteiger partial charge in [-0.25, -0.2) is 5.01 Å². The number of likely N-dealkylation sites (tertiary alicyclic amines) is 1. The predicted octanol–water partition coefficient (Wildman–Crippen LogP) is 0.964. The van der Waals surface area contributed by atoms with Gasteiger partial charge in [0.15, 0.2) is 0 Å². The standard InChI is InChI=1S/C17H30N4O/c1-3-15-14-10-13(22)9-12-11-19-21(16-5-4-8-20(16)2)17(12,14)6-7-18-15/h12,14-16,18-19H,3-11H2,1-2H3. The first kappa shape index (κ1) is 15.1. The number of rotatable bonds is 2. The molecule has 0 bridgehead atoms. The van der Waals surface area contributed by atoms with Crippen molar-refractivity contribution >= 4 is 5.78 Å². The zero-order valence-electron chi connectivity index (χ0n) is 14.0. The van der Waals surface area contributed by atoms with Crippen molar-refractivity contribution in [1.82, 2.24) is 20.7 Å². The van der Waals surface area contributed by atoms with Gasteiger partial charge in [0.05, 0.1) is 6.17 Å². The van der Waals surface area contributed by atoms with Gasteiger partial charge in [0, 0.05) is 36.9 Å². The summed E-state index contributed by atoms with van der Waals surface area (Å²) in [4.78, 5) is 14.8. The number of hydrogen-bond acceptors (Lipinski definition) is 5. The molecule has 0 radical (unpaired) electrons. The number of hydrogen-bond donors (Lipinski definition) is 2. The topological polar surface area (TPSA) is 47.6 Å². The van der Waals surface area contributed by atoms with Gasteiger partial charge in [-0.15, -0.1) is 0 Å². The molecule has 1 spiro atoms. The fourth-order valence-electron chi connectivity index (χ4n) is 5.87. The number of nitrogens with one attached hydrogen (secondary N) is 2. The van der Waals surface area contributed by atoms with Crippen LogP contribution in [0.15, 0.2) is 0 Å². The first-order valence-corrected chi connectivity index (χ1v) is 9.15. The van der Waals surface area contributed by atoms with E-state index in [0.29, 0.717) is 29.8 Å². The molecule has 124 valence electrons. The minimum Gasteiger partial charge on any atom is -0.314 e. The molecule has 2 N–H and O–H groups in total. The highest BCUT2D eigenvalue weighted by atomic mass is 16.1. The molecule has 3 aliphatic heterocycles. The lowest BCUT2D eigenvalue weighted by molar-refractivity contribution is -0.138. The average Bonchev–Trinajstić information content (AvgIpc) is 3.07. The third-order valence-corrected chi connectivity index (χ3v) is 6.86. The average molecular weight is 306 g/mol. The maximum Gasteiger partial charge on any atom is 0.133 e. The molecule has 5 nitrogen and oxygen atoms in total. The van der Waals surface area contributed by atoms with Crippen LogP contribution in [0.25, 0.3) is 0 Å². The van der Waals surface area contributed by atoms with Crippen molar-refractivity contribution in [3.63, 3.8) is 0 Å². The molecule has 0 aromatic heterocycles. The molecule has 4 aliphatic rings. The van der Waals surface area contributed by atoms with Gasteiger partial charge in [-0.3, -0.25) is 15.1 Å². The number of ketones is 1. The van der Waals surface area contributed by atoms with Gasteiger partial charge in [-0.2, -0.15) is 0 Å². The highest BCUT2D eigenvalue weighted by Gasteiger charge is 2.61. The predicted molar refractivity (Wildman–Crippen MR) is 86.1 cm³/mol. The highest BCUT2D eigenvalue weighted by molar-refractivity contribution is 5.80. The third-order valence-electron chi connectivity index (χ3n) is 6.86. The molecule has 4 fully saturated rings. The summed E-state index contributed by atoms with van der Waals surface area (Å²) in [7, 11) is 2.25. The molecule has 0 aromatic carbocycles. The second kappa shape index (κ2) is 5.55. The Morgan fingerprint density at radius 1 is 1.36 bits per heavy atom. The number of Topliss-reactive ketones (excluding diaryl/α,β-unsaturated/α-hetero) is 1. The summed E-state index contributed by atoms with van der Waals surface area (Å²) >= 11 is 0. The summed E-state index contributed by atoms with van der Waals surface area (Å²) in [6, 6.07) is 0.495. The first-order valence-electron chi connectivity index (χ1n) is 9.15. The molecule has 3 heterocycles. The second-order valence-electron chi connectivity index (χ2n) is 7.80. The molecule has 22 heavy (non-hydrogen) atoms. The molecule has 3 saturated heterocycles. The molecule has 5 heteroatoms. The van der Waals surface area contributed by atoms with Crippen LogP contribution in [0.3, 0.4) is 0 Å². The zero-order chi connectivity index (χ0) is 15.3. The number of piperidine rings is 1. The summed E-state index contributed by atoms with van der Waals surface area (Å²) in [5.41, 5.74) is 3.94. The monoisotopic (exact) mass is 306 g/mol. The van der Waals surface area contributed by atoms with E-state index in [0.717, 1.165) is 32.4 Å². The Morgan fingerprint density at radius 2 is 2.23 bits per heavy atom. The molecule has 4 rings (SSSR count). The van der Waals surface area contributed by atoms with Crippen LogP contribution < -0.4 is 10.7 Å². The van der Waals surface area contributed by atoms with Gasteiger partial charge in [-0.1, -0.05) is 6.92 Å². The Kier molecular flexibility index (Phi) is 3.80.